The molecule has 230 valence electrons. The van der Waals surface area contributed by atoms with Gasteiger partial charge >= 0.3 is 0 Å². The van der Waals surface area contributed by atoms with Crippen molar-refractivity contribution in [2.45, 2.75) is 42.7 Å². The van der Waals surface area contributed by atoms with Crippen LogP contribution in [0.5, 0.6) is 17.2 Å². The lowest BCUT2D eigenvalue weighted by molar-refractivity contribution is -0.128. The summed E-state index contributed by atoms with van der Waals surface area (Å²) in [6.07, 6.45) is 0.230. The first-order chi connectivity index (χ1) is 20.7. The number of benzene rings is 3. The minimum atomic E-state index is -3.68. The monoisotopic (exact) mass is 610 g/mol. The molecular formula is C32H38N2O8S. The molecule has 0 fully saturated rings. The second kappa shape index (κ2) is 14.4. The lowest BCUT2D eigenvalue weighted by atomic mass is 9.90. The fourth-order valence-electron chi connectivity index (χ4n) is 4.80. The van der Waals surface area contributed by atoms with Crippen LogP contribution in [-0.2, 0) is 25.8 Å². The summed E-state index contributed by atoms with van der Waals surface area (Å²) in [4.78, 5) is 18.8. The number of aliphatic hydroxyl groups is 1. The standard InChI is InChI=1S/C32H38N2O8S/c1-23-32(17-21-43(37,38)27-8-5-4-6-9-27,31(36)33-18-16-24-10-15-28(39-2)29(22-24)40-3)34-30(42-23)25-11-13-26(14-12-25)41-20-7-19-35/h4-6,8-15,22-23,35H,7,16-21H2,1-3H3,(H,33,36)/t23-,32-/m1/s1. The van der Waals surface area contributed by atoms with Crippen LogP contribution < -0.4 is 19.5 Å². The van der Waals surface area contributed by atoms with E-state index in [1.807, 2.05) is 12.1 Å². The van der Waals surface area contributed by atoms with Crippen molar-refractivity contribution < 1.29 is 37.3 Å². The number of nitrogens with zero attached hydrogens (tertiary/aromatic N) is 1. The molecule has 1 amide bonds. The number of nitrogens with one attached hydrogen (secondary N) is 1. The summed E-state index contributed by atoms with van der Waals surface area (Å²) in [6, 6.07) is 20.8. The fourth-order valence-corrected chi connectivity index (χ4v) is 6.19. The summed E-state index contributed by atoms with van der Waals surface area (Å²) in [5, 5.41) is 11.9. The number of amides is 1. The summed E-state index contributed by atoms with van der Waals surface area (Å²) in [7, 11) is -0.558. The Labute approximate surface area is 252 Å². The highest BCUT2D eigenvalue weighted by atomic mass is 32.2. The third-order valence-electron chi connectivity index (χ3n) is 7.33. The van der Waals surface area contributed by atoms with Gasteiger partial charge in [-0.05, 0) is 73.9 Å². The number of carbonyl (C=O) groups is 1. The second-order valence-electron chi connectivity index (χ2n) is 10.1. The summed E-state index contributed by atoms with van der Waals surface area (Å²) < 4.78 is 48.8. The Morgan fingerprint density at radius 2 is 1.74 bits per heavy atom. The van der Waals surface area contributed by atoms with Gasteiger partial charge in [0.15, 0.2) is 26.9 Å². The van der Waals surface area contributed by atoms with Crippen LogP contribution in [0.15, 0.2) is 82.7 Å². The van der Waals surface area contributed by atoms with Gasteiger partial charge in [-0.1, -0.05) is 24.3 Å². The number of carbonyl (C=O) groups excluding carboxylic acids is 1. The fraction of sp³-hybridized carbons (Fsp3) is 0.375. The molecule has 3 aromatic carbocycles. The molecule has 0 aliphatic carbocycles. The zero-order chi connectivity index (χ0) is 30.9. The van der Waals surface area contributed by atoms with Gasteiger partial charge in [-0.25, -0.2) is 13.4 Å². The molecule has 2 atom stereocenters. The Morgan fingerprint density at radius 3 is 2.42 bits per heavy atom. The van der Waals surface area contributed by atoms with Gasteiger partial charge in [0, 0.05) is 25.1 Å². The Bertz CT molecular complexity index is 1510. The van der Waals surface area contributed by atoms with Gasteiger partial charge in [0.1, 0.15) is 11.9 Å². The maximum absolute atomic E-state index is 13.8. The van der Waals surface area contributed by atoms with E-state index in [1.165, 1.54) is 0 Å². The van der Waals surface area contributed by atoms with E-state index in [-0.39, 0.29) is 29.6 Å². The van der Waals surface area contributed by atoms with Gasteiger partial charge < -0.3 is 29.4 Å². The topological polar surface area (TPSA) is 133 Å². The predicted octanol–water partition coefficient (Wildman–Crippen LogP) is 3.59. The molecule has 0 radical (unpaired) electrons. The summed E-state index contributed by atoms with van der Waals surface area (Å²) in [5.74, 6) is 1.37. The molecule has 2 N–H and O–H groups in total. The quantitative estimate of drug-likeness (QED) is 0.250. The van der Waals surface area contributed by atoms with Crippen molar-refractivity contribution in [1.29, 1.82) is 0 Å². The number of hydrogen-bond donors (Lipinski definition) is 2. The van der Waals surface area contributed by atoms with E-state index in [0.29, 0.717) is 48.8 Å². The van der Waals surface area contributed by atoms with Gasteiger partial charge in [0.2, 0.25) is 5.90 Å². The van der Waals surface area contributed by atoms with Crippen LogP contribution in [0, 0.1) is 0 Å². The van der Waals surface area contributed by atoms with E-state index >= 15 is 0 Å². The molecule has 1 aliphatic rings. The lowest BCUT2D eigenvalue weighted by Crippen LogP contribution is -2.52. The molecule has 10 nitrogen and oxygen atoms in total. The lowest BCUT2D eigenvalue weighted by Gasteiger charge is -2.28. The first-order valence-corrected chi connectivity index (χ1v) is 15.8. The van der Waals surface area contributed by atoms with Gasteiger partial charge in [0.25, 0.3) is 5.91 Å². The van der Waals surface area contributed by atoms with E-state index in [4.69, 9.17) is 29.0 Å². The van der Waals surface area contributed by atoms with Crippen LogP contribution in [0.25, 0.3) is 0 Å². The maximum Gasteiger partial charge on any atom is 0.251 e. The molecule has 0 unspecified atom stereocenters. The average Bonchev–Trinajstić information content (AvgIpc) is 3.37. The summed E-state index contributed by atoms with van der Waals surface area (Å²) in [5.41, 5.74) is 0.0950. The normalized spacial score (nSPS) is 18.0. The van der Waals surface area contributed by atoms with Crippen LogP contribution >= 0.6 is 0 Å². The first kappa shape index (κ1) is 31.8. The zero-order valence-electron chi connectivity index (χ0n) is 24.6. The van der Waals surface area contributed by atoms with Crippen molar-refractivity contribution in [3.63, 3.8) is 0 Å². The predicted molar refractivity (Wildman–Crippen MR) is 163 cm³/mol. The minimum absolute atomic E-state index is 0.0407. The average molecular weight is 611 g/mol. The van der Waals surface area contributed by atoms with Crippen LogP contribution in [-0.4, -0.2) is 76.7 Å². The second-order valence-corrected chi connectivity index (χ2v) is 12.2. The van der Waals surface area contributed by atoms with Crippen LogP contribution in [0.2, 0.25) is 0 Å². The molecule has 0 bridgehead atoms. The minimum Gasteiger partial charge on any atom is -0.494 e. The van der Waals surface area contributed by atoms with Gasteiger partial charge in [-0.15, -0.1) is 0 Å². The summed E-state index contributed by atoms with van der Waals surface area (Å²) >= 11 is 0. The number of rotatable bonds is 15. The van der Waals surface area contributed by atoms with Crippen LogP contribution in [0.1, 0.15) is 30.9 Å². The van der Waals surface area contributed by atoms with Crippen molar-refractivity contribution in [3.05, 3.63) is 83.9 Å². The Hall–Kier alpha value is -4.09. The first-order valence-electron chi connectivity index (χ1n) is 14.1. The SMILES string of the molecule is COc1ccc(CCNC(=O)[C@]2(CCS(=O)(=O)c3ccccc3)N=C(c3ccc(OCCCO)cc3)O[C@@H]2C)cc1OC. The Morgan fingerprint density at radius 1 is 1.02 bits per heavy atom. The molecule has 0 aromatic heterocycles. The highest BCUT2D eigenvalue weighted by Crippen LogP contribution is 2.34. The largest absolute Gasteiger partial charge is 0.494 e. The number of methoxy groups -OCH3 is 2. The zero-order valence-corrected chi connectivity index (χ0v) is 25.4. The molecule has 0 saturated carbocycles. The number of aliphatic hydroxyl groups excluding tert-OH is 1. The van der Waals surface area contributed by atoms with Crippen molar-refractivity contribution >= 4 is 21.6 Å². The number of aliphatic imine (C=N–C) groups is 1. The molecule has 1 heterocycles. The van der Waals surface area contributed by atoms with E-state index in [2.05, 4.69) is 5.32 Å². The molecular weight excluding hydrogens is 572 g/mol. The number of ether oxygens (including phenoxy) is 4. The van der Waals surface area contributed by atoms with E-state index in [0.717, 1.165) is 5.56 Å². The Balaban J connectivity index is 1.56. The third kappa shape index (κ3) is 7.66. The van der Waals surface area contributed by atoms with Crippen LogP contribution in [0.3, 0.4) is 0 Å². The van der Waals surface area contributed by atoms with Gasteiger partial charge in [-0.3, -0.25) is 4.79 Å². The van der Waals surface area contributed by atoms with Gasteiger partial charge in [-0.2, -0.15) is 0 Å². The molecule has 0 spiro atoms. The van der Waals surface area contributed by atoms with Crippen molar-refractivity contribution in [3.8, 4) is 17.2 Å². The number of hydrogen-bond acceptors (Lipinski definition) is 9. The van der Waals surface area contributed by atoms with E-state index in [1.54, 1.807) is 81.8 Å². The molecule has 43 heavy (non-hydrogen) atoms. The molecule has 1 aliphatic heterocycles. The van der Waals surface area contributed by atoms with Crippen molar-refractivity contribution in [1.82, 2.24) is 5.32 Å². The van der Waals surface area contributed by atoms with E-state index in [9.17, 15) is 13.2 Å². The molecule has 3 aromatic rings. The third-order valence-corrected chi connectivity index (χ3v) is 9.06. The highest BCUT2D eigenvalue weighted by molar-refractivity contribution is 7.91. The van der Waals surface area contributed by atoms with Crippen molar-refractivity contribution in [2.75, 3.05) is 39.7 Å². The smallest absolute Gasteiger partial charge is 0.251 e. The van der Waals surface area contributed by atoms with Crippen molar-refractivity contribution in [2.24, 2.45) is 4.99 Å². The van der Waals surface area contributed by atoms with Gasteiger partial charge in [0.05, 0.1) is 31.5 Å². The maximum atomic E-state index is 13.8. The molecule has 4 rings (SSSR count). The summed E-state index contributed by atoms with van der Waals surface area (Å²) in [6.45, 7) is 2.44. The Kier molecular flexibility index (Phi) is 10.7. The van der Waals surface area contributed by atoms with Crippen LogP contribution in [0.4, 0.5) is 0 Å². The number of sulfone groups is 1. The highest BCUT2D eigenvalue weighted by Gasteiger charge is 2.50. The van der Waals surface area contributed by atoms with E-state index < -0.39 is 27.4 Å². The molecule has 0 saturated heterocycles. The molecule has 11 heteroatoms.